The molecule has 1 atom stereocenters. The van der Waals surface area contributed by atoms with Gasteiger partial charge in [-0.2, -0.15) is 0 Å². The first-order valence-electron chi connectivity index (χ1n) is 5.42. The predicted molar refractivity (Wildman–Crippen MR) is 64.8 cm³/mol. The summed E-state index contributed by atoms with van der Waals surface area (Å²) in [5.41, 5.74) is 13.7. The minimum atomic E-state index is 0.0559. The Bertz CT molecular complexity index is 440. The molecule has 4 nitrogen and oxygen atoms in total. The second-order valence-electron chi connectivity index (χ2n) is 3.97. The molecule has 0 amide bonds. The Hall–Kier alpha value is -1.68. The van der Waals surface area contributed by atoms with E-state index >= 15 is 0 Å². The summed E-state index contributed by atoms with van der Waals surface area (Å²) in [5, 5.41) is 3.11. The van der Waals surface area contributed by atoms with Gasteiger partial charge in [0.05, 0.1) is 5.69 Å². The van der Waals surface area contributed by atoms with Gasteiger partial charge in [-0.1, -0.05) is 13.0 Å². The van der Waals surface area contributed by atoms with Gasteiger partial charge in [-0.15, -0.1) is 0 Å². The zero-order chi connectivity index (χ0) is 11.7. The van der Waals surface area contributed by atoms with E-state index in [1.54, 1.807) is 0 Å². The summed E-state index contributed by atoms with van der Waals surface area (Å²) < 4.78 is 5.56. The molecule has 1 aliphatic rings. The standard InChI is InChI=1S/C12H17N3O/c1-3-9(13)8-4-5-11-10(6-8)15-12(14)7(2)16-11/h4-6,9,15H,3,13-14H2,1-2H3. The molecule has 0 aliphatic carbocycles. The lowest BCUT2D eigenvalue weighted by atomic mass is 10.0. The number of benzene rings is 1. The van der Waals surface area contributed by atoms with Crippen molar-refractivity contribution in [1.82, 2.24) is 0 Å². The van der Waals surface area contributed by atoms with Crippen molar-refractivity contribution in [3.8, 4) is 5.75 Å². The van der Waals surface area contributed by atoms with Crippen LogP contribution in [0.15, 0.2) is 29.8 Å². The number of hydrogen-bond donors (Lipinski definition) is 3. The number of hydrogen-bond acceptors (Lipinski definition) is 4. The number of ether oxygens (including phenoxy) is 1. The van der Waals surface area contributed by atoms with Gasteiger partial charge in [0.15, 0.2) is 5.75 Å². The molecule has 0 saturated heterocycles. The predicted octanol–water partition coefficient (Wildman–Crippen LogP) is 2.05. The van der Waals surface area contributed by atoms with Crippen LogP contribution in [0, 0.1) is 0 Å². The van der Waals surface area contributed by atoms with Crippen molar-refractivity contribution in [2.45, 2.75) is 26.3 Å². The zero-order valence-electron chi connectivity index (χ0n) is 9.58. The fourth-order valence-electron chi connectivity index (χ4n) is 1.65. The monoisotopic (exact) mass is 219 g/mol. The van der Waals surface area contributed by atoms with Crippen LogP contribution >= 0.6 is 0 Å². The van der Waals surface area contributed by atoms with Crippen LogP contribution in [0.3, 0.4) is 0 Å². The summed E-state index contributed by atoms with van der Waals surface area (Å²) in [6.07, 6.45) is 0.907. The summed E-state index contributed by atoms with van der Waals surface area (Å²) in [6.45, 7) is 3.89. The average Bonchev–Trinajstić information content (AvgIpc) is 2.29. The summed E-state index contributed by atoms with van der Waals surface area (Å²) in [6, 6.07) is 5.95. The van der Waals surface area contributed by atoms with Gasteiger partial charge in [-0.25, -0.2) is 0 Å². The average molecular weight is 219 g/mol. The van der Waals surface area contributed by atoms with E-state index < -0.39 is 0 Å². The topological polar surface area (TPSA) is 73.3 Å². The van der Waals surface area contributed by atoms with E-state index in [0.29, 0.717) is 11.6 Å². The highest BCUT2D eigenvalue weighted by Crippen LogP contribution is 2.33. The van der Waals surface area contributed by atoms with Crippen LogP contribution < -0.4 is 21.5 Å². The molecule has 0 aromatic heterocycles. The van der Waals surface area contributed by atoms with Crippen LogP contribution in [0.5, 0.6) is 5.75 Å². The molecule has 5 N–H and O–H groups in total. The van der Waals surface area contributed by atoms with E-state index in [1.165, 1.54) is 0 Å². The smallest absolute Gasteiger partial charge is 0.150 e. The fraction of sp³-hybridized carbons (Fsp3) is 0.333. The second-order valence-corrected chi connectivity index (χ2v) is 3.97. The highest BCUT2D eigenvalue weighted by Gasteiger charge is 2.15. The molecule has 2 rings (SSSR count). The SMILES string of the molecule is CCC(N)c1ccc2c(c1)NC(N)=C(C)O2. The van der Waals surface area contributed by atoms with Crippen LogP contribution in [-0.2, 0) is 0 Å². The maximum atomic E-state index is 5.98. The molecule has 0 fully saturated rings. The van der Waals surface area contributed by atoms with Crippen molar-refractivity contribution in [3.63, 3.8) is 0 Å². The first-order chi connectivity index (χ1) is 7.61. The number of fused-ring (bicyclic) bond motifs is 1. The van der Waals surface area contributed by atoms with Gasteiger partial charge < -0.3 is 21.5 Å². The quantitative estimate of drug-likeness (QED) is 0.711. The van der Waals surface area contributed by atoms with E-state index in [1.807, 2.05) is 25.1 Å². The molecule has 1 aliphatic heterocycles. The highest BCUT2D eigenvalue weighted by molar-refractivity contribution is 5.63. The van der Waals surface area contributed by atoms with Gasteiger partial charge in [0.1, 0.15) is 11.6 Å². The molecule has 0 radical (unpaired) electrons. The van der Waals surface area contributed by atoms with E-state index in [4.69, 9.17) is 16.2 Å². The Kier molecular flexibility index (Phi) is 2.75. The lowest BCUT2D eigenvalue weighted by Crippen LogP contribution is -2.19. The maximum Gasteiger partial charge on any atom is 0.150 e. The van der Waals surface area contributed by atoms with Gasteiger partial charge in [0.25, 0.3) is 0 Å². The number of nitrogens with one attached hydrogen (secondary N) is 1. The minimum absolute atomic E-state index is 0.0559. The van der Waals surface area contributed by atoms with Crippen molar-refractivity contribution < 1.29 is 4.74 Å². The molecule has 4 heteroatoms. The van der Waals surface area contributed by atoms with Crippen LogP contribution in [0.1, 0.15) is 31.9 Å². The van der Waals surface area contributed by atoms with Gasteiger partial charge in [-0.05, 0) is 31.0 Å². The fourth-order valence-corrected chi connectivity index (χ4v) is 1.65. The minimum Gasteiger partial charge on any atom is -0.456 e. The molecule has 1 heterocycles. The van der Waals surface area contributed by atoms with Crippen LogP contribution in [0.25, 0.3) is 0 Å². The summed E-state index contributed by atoms with van der Waals surface area (Å²) in [5.74, 6) is 2.04. The third-order valence-corrected chi connectivity index (χ3v) is 2.78. The van der Waals surface area contributed by atoms with Crippen LogP contribution in [-0.4, -0.2) is 0 Å². The molecule has 16 heavy (non-hydrogen) atoms. The third kappa shape index (κ3) is 1.84. The molecular weight excluding hydrogens is 202 g/mol. The van der Waals surface area contributed by atoms with Crippen LogP contribution in [0.2, 0.25) is 0 Å². The van der Waals surface area contributed by atoms with E-state index in [-0.39, 0.29) is 6.04 Å². The van der Waals surface area contributed by atoms with Crippen molar-refractivity contribution in [3.05, 3.63) is 35.3 Å². The molecule has 0 saturated carbocycles. The van der Waals surface area contributed by atoms with E-state index in [0.717, 1.165) is 23.4 Å². The molecule has 1 aromatic rings. The Morgan fingerprint density at radius 2 is 2.19 bits per heavy atom. The van der Waals surface area contributed by atoms with E-state index in [2.05, 4.69) is 12.2 Å². The molecule has 0 bridgehead atoms. The van der Waals surface area contributed by atoms with E-state index in [9.17, 15) is 0 Å². The summed E-state index contributed by atoms with van der Waals surface area (Å²) in [4.78, 5) is 0. The Morgan fingerprint density at radius 3 is 2.88 bits per heavy atom. The molecule has 86 valence electrons. The number of anilines is 1. The highest BCUT2D eigenvalue weighted by atomic mass is 16.5. The van der Waals surface area contributed by atoms with Crippen molar-refractivity contribution in [1.29, 1.82) is 0 Å². The number of rotatable bonds is 2. The third-order valence-electron chi connectivity index (χ3n) is 2.78. The van der Waals surface area contributed by atoms with Crippen molar-refractivity contribution in [2.24, 2.45) is 11.5 Å². The van der Waals surface area contributed by atoms with Gasteiger partial charge in [-0.3, -0.25) is 0 Å². The van der Waals surface area contributed by atoms with Gasteiger partial charge >= 0.3 is 0 Å². The Labute approximate surface area is 95.3 Å². The summed E-state index contributed by atoms with van der Waals surface area (Å²) >= 11 is 0. The van der Waals surface area contributed by atoms with Gasteiger partial charge in [0.2, 0.25) is 0 Å². The molecular formula is C12H17N3O. The second kappa shape index (κ2) is 4.06. The maximum absolute atomic E-state index is 5.98. The first kappa shape index (κ1) is 10.8. The normalized spacial score (nSPS) is 16.2. The van der Waals surface area contributed by atoms with Crippen molar-refractivity contribution in [2.75, 3.05) is 5.32 Å². The number of allylic oxidation sites excluding steroid dienone is 1. The molecule has 0 spiro atoms. The van der Waals surface area contributed by atoms with Gasteiger partial charge in [0, 0.05) is 6.04 Å². The first-order valence-corrected chi connectivity index (χ1v) is 5.42. The number of nitrogens with two attached hydrogens (primary N) is 2. The zero-order valence-corrected chi connectivity index (χ0v) is 9.58. The summed E-state index contributed by atoms with van der Waals surface area (Å²) in [7, 11) is 0. The Balaban J connectivity index is 2.33. The van der Waals surface area contributed by atoms with Crippen molar-refractivity contribution >= 4 is 5.69 Å². The molecule has 1 unspecified atom stereocenters. The largest absolute Gasteiger partial charge is 0.456 e. The lowest BCUT2D eigenvalue weighted by Gasteiger charge is -2.22. The Morgan fingerprint density at radius 1 is 1.44 bits per heavy atom. The molecule has 1 aromatic carbocycles. The van der Waals surface area contributed by atoms with Crippen LogP contribution in [0.4, 0.5) is 5.69 Å². The lowest BCUT2D eigenvalue weighted by molar-refractivity contribution is 0.415.